The van der Waals surface area contributed by atoms with Crippen molar-refractivity contribution >= 4 is 15.9 Å². The molecule has 2 rings (SSSR count). The third-order valence-corrected chi connectivity index (χ3v) is 6.28. The Balaban J connectivity index is 2.18. The molecule has 0 N–H and O–H groups in total. The molecule has 2 aromatic rings. The molecule has 2 aromatic carbocycles. The van der Waals surface area contributed by atoms with Gasteiger partial charge >= 0.3 is 0 Å². The van der Waals surface area contributed by atoms with Crippen LogP contribution in [0.4, 0.5) is 0 Å². The van der Waals surface area contributed by atoms with Crippen molar-refractivity contribution < 1.29 is 13.2 Å². The maximum Gasteiger partial charge on any atom is 0.253 e. The summed E-state index contributed by atoms with van der Waals surface area (Å²) in [7, 11) is -3.54. The number of hydrogen-bond donors (Lipinski definition) is 0. The predicted molar refractivity (Wildman–Crippen MR) is 103 cm³/mol. The second kappa shape index (κ2) is 8.96. The summed E-state index contributed by atoms with van der Waals surface area (Å²) in [4.78, 5) is 14.4. The molecule has 0 aliphatic heterocycles. The zero-order valence-electron chi connectivity index (χ0n) is 15.6. The summed E-state index contributed by atoms with van der Waals surface area (Å²) in [6, 6.07) is 15.6. The first-order valence-corrected chi connectivity index (χ1v) is 10.3. The Morgan fingerprint density at radius 3 is 1.92 bits per heavy atom. The minimum atomic E-state index is -3.54. The van der Waals surface area contributed by atoms with Crippen LogP contribution in [0, 0.1) is 0 Å². The van der Waals surface area contributed by atoms with Crippen molar-refractivity contribution in [2.75, 3.05) is 19.6 Å². The van der Waals surface area contributed by atoms with Gasteiger partial charge in [0.1, 0.15) is 0 Å². The Kier molecular flexibility index (Phi) is 6.94. The fourth-order valence-corrected chi connectivity index (χ4v) is 4.22. The van der Waals surface area contributed by atoms with E-state index in [4.69, 9.17) is 0 Å². The fourth-order valence-electron chi connectivity index (χ4n) is 2.76. The maximum absolute atomic E-state index is 12.8. The van der Waals surface area contributed by atoms with Crippen molar-refractivity contribution in [1.82, 2.24) is 9.21 Å². The van der Waals surface area contributed by atoms with Crippen LogP contribution in [0.2, 0.25) is 0 Å². The molecule has 0 fully saturated rings. The summed E-state index contributed by atoms with van der Waals surface area (Å²) >= 11 is 0. The molecule has 1 amide bonds. The number of rotatable bonds is 8. The minimum Gasteiger partial charge on any atom is -0.339 e. The molecule has 0 aliphatic carbocycles. The average molecular weight is 375 g/mol. The summed E-state index contributed by atoms with van der Waals surface area (Å²) in [5.41, 5.74) is 1.47. The smallest absolute Gasteiger partial charge is 0.253 e. The van der Waals surface area contributed by atoms with Crippen LogP contribution in [0.5, 0.6) is 0 Å². The Bertz CT molecular complexity index is 814. The van der Waals surface area contributed by atoms with Gasteiger partial charge in [-0.25, -0.2) is 8.42 Å². The summed E-state index contributed by atoms with van der Waals surface area (Å²) in [6.07, 6.45) is 0. The van der Waals surface area contributed by atoms with Gasteiger partial charge in [-0.3, -0.25) is 4.79 Å². The first-order valence-electron chi connectivity index (χ1n) is 8.87. The quantitative estimate of drug-likeness (QED) is 0.712. The van der Waals surface area contributed by atoms with Crippen LogP contribution in [-0.4, -0.2) is 43.2 Å². The topological polar surface area (TPSA) is 57.7 Å². The van der Waals surface area contributed by atoms with Crippen LogP contribution < -0.4 is 0 Å². The van der Waals surface area contributed by atoms with Crippen molar-refractivity contribution in [1.29, 1.82) is 0 Å². The molecular weight excluding hydrogens is 348 g/mol. The van der Waals surface area contributed by atoms with Crippen molar-refractivity contribution in [3.63, 3.8) is 0 Å². The maximum atomic E-state index is 12.8. The van der Waals surface area contributed by atoms with E-state index in [0.717, 1.165) is 5.56 Å². The lowest BCUT2D eigenvalue weighted by molar-refractivity contribution is 0.0773. The molecular formula is C20H26N2O3S. The molecule has 5 nitrogen and oxygen atoms in total. The van der Waals surface area contributed by atoms with E-state index in [0.29, 0.717) is 25.2 Å². The summed E-state index contributed by atoms with van der Waals surface area (Å²) in [5.74, 6) is -0.00851. The predicted octanol–water partition coefficient (Wildman–Crippen LogP) is 3.38. The third-order valence-electron chi connectivity index (χ3n) is 4.34. The normalized spacial score (nSPS) is 11.5. The summed E-state index contributed by atoms with van der Waals surface area (Å²) in [6.45, 7) is 7.68. The monoisotopic (exact) mass is 374 g/mol. The first kappa shape index (κ1) is 20.1. The molecule has 0 atom stereocenters. The lowest BCUT2D eigenvalue weighted by Crippen LogP contribution is -2.31. The largest absolute Gasteiger partial charge is 0.339 e. The standard InChI is InChI=1S/C20H26N2O3S/c1-4-21(5-2)20(23)18-14-12-17(13-15-18)16-22(6-3)26(24,25)19-10-8-7-9-11-19/h7-15H,4-6,16H2,1-3H3. The van der Waals surface area contributed by atoms with Gasteiger partial charge in [0.05, 0.1) is 4.90 Å². The zero-order chi connectivity index (χ0) is 19.2. The van der Waals surface area contributed by atoms with E-state index in [-0.39, 0.29) is 17.3 Å². The van der Waals surface area contributed by atoms with Gasteiger partial charge in [-0.15, -0.1) is 0 Å². The highest BCUT2D eigenvalue weighted by Gasteiger charge is 2.23. The zero-order valence-corrected chi connectivity index (χ0v) is 16.4. The van der Waals surface area contributed by atoms with E-state index in [9.17, 15) is 13.2 Å². The van der Waals surface area contributed by atoms with Crippen molar-refractivity contribution in [3.05, 3.63) is 65.7 Å². The van der Waals surface area contributed by atoms with Crippen LogP contribution in [0.1, 0.15) is 36.7 Å². The molecule has 0 saturated carbocycles. The number of sulfonamides is 1. The SMILES string of the molecule is CCN(CC)C(=O)c1ccc(CN(CC)S(=O)(=O)c2ccccc2)cc1. The van der Waals surface area contributed by atoms with Crippen LogP contribution >= 0.6 is 0 Å². The van der Waals surface area contributed by atoms with Crippen LogP contribution in [-0.2, 0) is 16.6 Å². The van der Waals surface area contributed by atoms with E-state index in [2.05, 4.69) is 0 Å². The highest BCUT2D eigenvalue weighted by Crippen LogP contribution is 2.18. The van der Waals surface area contributed by atoms with Gasteiger partial charge in [-0.05, 0) is 43.7 Å². The molecule has 0 unspecified atom stereocenters. The Morgan fingerprint density at radius 1 is 0.846 bits per heavy atom. The van der Waals surface area contributed by atoms with Crippen LogP contribution in [0.15, 0.2) is 59.5 Å². The second-order valence-electron chi connectivity index (χ2n) is 5.92. The van der Waals surface area contributed by atoms with Crippen LogP contribution in [0.25, 0.3) is 0 Å². The number of hydrogen-bond acceptors (Lipinski definition) is 3. The highest BCUT2D eigenvalue weighted by molar-refractivity contribution is 7.89. The lowest BCUT2D eigenvalue weighted by atomic mass is 10.1. The van der Waals surface area contributed by atoms with E-state index in [1.807, 2.05) is 32.9 Å². The summed E-state index contributed by atoms with van der Waals surface area (Å²) < 4.78 is 27.0. The first-order chi connectivity index (χ1) is 12.4. The fraction of sp³-hybridized carbons (Fsp3) is 0.350. The molecule has 0 bridgehead atoms. The molecule has 0 spiro atoms. The third kappa shape index (κ3) is 4.51. The molecule has 0 radical (unpaired) electrons. The van der Waals surface area contributed by atoms with E-state index in [1.165, 1.54) is 4.31 Å². The summed E-state index contributed by atoms with van der Waals surface area (Å²) in [5, 5.41) is 0. The van der Waals surface area contributed by atoms with Crippen molar-refractivity contribution in [2.45, 2.75) is 32.2 Å². The van der Waals surface area contributed by atoms with Gasteiger partial charge < -0.3 is 4.90 Å². The van der Waals surface area contributed by atoms with E-state index >= 15 is 0 Å². The molecule has 0 saturated heterocycles. The van der Waals surface area contributed by atoms with Crippen LogP contribution in [0.3, 0.4) is 0 Å². The van der Waals surface area contributed by atoms with Gasteiger partial charge in [-0.2, -0.15) is 4.31 Å². The molecule has 0 heterocycles. The second-order valence-corrected chi connectivity index (χ2v) is 7.86. The number of amides is 1. The number of carbonyl (C=O) groups is 1. The van der Waals surface area contributed by atoms with Gasteiger partial charge in [0.15, 0.2) is 0 Å². The number of carbonyl (C=O) groups excluding carboxylic acids is 1. The van der Waals surface area contributed by atoms with Gasteiger partial charge in [-0.1, -0.05) is 37.3 Å². The van der Waals surface area contributed by atoms with Crippen molar-refractivity contribution in [3.8, 4) is 0 Å². The minimum absolute atomic E-state index is 0.00851. The highest BCUT2D eigenvalue weighted by atomic mass is 32.2. The van der Waals surface area contributed by atoms with Gasteiger partial charge in [0, 0.05) is 31.7 Å². The Labute approximate surface area is 156 Å². The molecule has 6 heteroatoms. The molecule has 140 valence electrons. The molecule has 0 aromatic heterocycles. The van der Waals surface area contributed by atoms with E-state index < -0.39 is 10.0 Å². The lowest BCUT2D eigenvalue weighted by Gasteiger charge is -2.21. The number of nitrogens with zero attached hydrogens (tertiary/aromatic N) is 2. The van der Waals surface area contributed by atoms with E-state index in [1.54, 1.807) is 47.4 Å². The molecule has 0 aliphatic rings. The average Bonchev–Trinajstić information content (AvgIpc) is 2.68. The van der Waals surface area contributed by atoms with Crippen molar-refractivity contribution in [2.24, 2.45) is 0 Å². The van der Waals surface area contributed by atoms with Gasteiger partial charge in [0.25, 0.3) is 5.91 Å². The number of benzene rings is 2. The Hall–Kier alpha value is -2.18. The Morgan fingerprint density at radius 2 is 1.42 bits per heavy atom. The van der Waals surface area contributed by atoms with Gasteiger partial charge in [0.2, 0.25) is 10.0 Å². The molecule has 26 heavy (non-hydrogen) atoms.